The number of benzene rings is 2. The number of hydrogen-bond acceptors (Lipinski definition) is 8. The Labute approximate surface area is 172 Å². The summed E-state index contributed by atoms with van der Waals surface area (Å²) in [5, 5.41) is 12.1. The van der Waals surface area contributed by atoms with Crippen LogP contribution in [0, 0.1) is 6.92 Å². The molecule has 152 valence electrons. The maximum Gasteiger partial charge on any atom is 0.338 e. The molecule has 0 amide bonds. The molecular formula is C22H19N3O5. The van der Waals surface area contributed by atoms with E-state index in [0.29, 0.717) is 34.9 Å². The van der Waals surface area contributed by atoms with Crippen LogP contribution in [0.15, 0.2) is 63.5 Å². The van der Waals surface area contributed by atoms with Crippen molar-refractivity contribution in [3.05, 3.63) is 71.8 Å². The molecule has 0 unspecified atom stereocenters. The lowest BCUT2D eigenvalue weighted by Crippen LogP contribution is -2.05. The summed E-state index contributed by atoms with van der Waals surface area (Å²) in [4.78, 5) is 12.2. The van der Waals surface area contributed by atoms with Crippen molar-refractivity contribution in [3.63, 3.8) is 0 Å². The van der Waals surface area contributed by atoms with E-state index >= 15 is 0 Å². The summed E-state index contributed by atoms with van der Waals surface area (Å²) in [6.45, 7) is 4.07. The molecule has 2 aromatic heterocycles. The van der Waals surface area contributed by atoms with Crippen molar-refractivity contribution in [2.75, 3.05) is 6.61 Å². The lowest BCUT2D eigenvalue weighted by molar-refractivity contribution is 0.0438. The predicted molar refractivity (Wildman–Crippen MR) is 107 cm³/mol. The van der Waals surface area contributed by atoms with Gasteiger partial charge in [0, 0.05) is 5.56 Å². The molecule has 0 saturated heterocycles. The fourth-order valence-corrected chi connectivity index (χ4v) is 2.89. The molecule has 30 heavy (non-hydrogen) atoms. The third-order valence-electron chi connectivity index (χ3n) is 4.32. The fraction of sp³-hybridized carbons (Fsp3) is 0.182. The second kappa shape index (κ2) is 8.60. The van der Waals surface area contributed by atoms with Crippen LogP contribution in [0.25, 0.3) is 22.7 Å². The highest BCUT2D eigenvalue weighted by Gasteiger charge is 2.22. The van der Waals surface area contributed by atoms with Gasteiger partial charge in [0.25, 0.3) is 11.8 Å². The number of carbonyl (C=O) groups is 1. The first-order chi connectivity index (χ1) is 14.7. The van der Waals surface area contributed by atoms with Gasteiger partial charge in [0.15, 0.2) is 6.61 Å². The van der Waals surface area contributed by atoms with Crippen molar-refractivity contribution in [2.45, 2.75) is 20.5 Å². The number of carbonyl (C=O) groups excluding carboxylic acids is 1. The number of hydrogen-bond donors (Lipinski definition) is 0. The van der Waals surface area contributed by atoms with Gasteiger partial charge in [-0.25, -0.2) is 4.79 Å². The summed E-state index contributed by atoms with van der Waals surface area (Å²) >= 11 is 0. The third-order valence-corrected chi connectivity index (χ3v) is 4.32. The molecule has 8 nitrogen and oxygen atoms in total. The van der Waals surface area contributed by atoms with E-state index in [2.05, 4.69) is 15.4 Å². The van der Waals surface area contributed by atoms with Crippen molar-refractivity contribution < 1.29 is 23.2 Å². The fourth-order valence-electron chi connectivity index (χ4n) is 2.89. The number of aryl methyl sites for hydroxylation is 1. The highest BCUT2D eigenvalue weighted by Crippen LogP contribution is 2.33. The van der Waals surface area contributed by atoms with Gasteiger partial charge in [0.1, 0.15) is 22.8 Å². The van der Waals surface area contributed by atoms with E-state index in [9.17, 15) is 4.79 Å². The van der Waals surface area contributed by atoms with Gasteiger partial charge >= 0.3 is 5.97 Å². The maximum absolute atomic E-state index is 12.2. The van der Waals surface area contributed by atoms with Crippen molar-refractivity contribution in [3.8, 4) is 28.5 Å². The van der Waals surface area contributed by atoms with E-state index < -0.39 is 5.97 Å². The van der Waals surface area contributed by atoms with Gasteiger partial charge in [0.05, 0.1) is 12.2 Å². The molecule has 8 heteroatoms. The van der Waals surface area contributed by atoms with Crippen LogP contribution in [0.2, 0.25) is 0 Å². The Morgan fingerprint density at radius 2 is 1.80 bits per heavy atom. The quantitative estimate of drug-likeness (QED) is 0.416. The zero-order valence-electron chi connectivity index (χ0n) is 16.5. The Bertz CT molecular complexity index is 1130. The predicted octanol–water partition coefficient (Wildman–Crippen LogP) is 4.46. The van der Waals surface area contributed by atoms with Crippen molar-refractivity contribution >= 4 is 5.97 Å². The van der Waals surface area contributed by atoms with Crippen LogP contribution in [0.3, 0.4) is 0 Å². The van der Waals surface area contributed by atoms with E-state index in [1.54, 1.807) is 31.2 Å². The Balaban J connectivity index is 1.46. The second-order valence-electron chi connectivity index (χ2n) is 6.36. The van der Waals surface area contributed by atoms with Gasteiger partial charge in [-0.3, -0.25) is 0 Å². The summed E-state index contributed by atoms with van der Waals surface area (Å²) in [6, 6.07) is 16.3. The SMILES string of the molecule is CCOc1ccc(C(=O)OCc2nnc(-c3c(-c4ccccc4)noc3C)o2)cc1. The molecule has 0 bridgehead atoms. The molecule has 0 atom stereocenters. The van der Waals surface area contributed by atoms with Crippen LogP contribution < -0.4 is 4.74 Å². The van der Waals surface area contributed by atoms with Crippen molar-refractivity contribution in [2.24, 2.45) is 0 Å². The molecule has 0 aliphatic rings. The summed E-state index contributed by atoms with van der Waals surface area (Å²) < 4.78 is 21.6. The van der Waals surface area contributed by atoms with Crippen LogP contribution >= 0.6 is 0 Å². The first-order valence-electron chi connectivity index (χ1n) is 9.40. The smallest absolute Gasteiger partial charge is 0.338 e. The molecule has 0 aliphatic heterocycles. The molecule has 0 spiro atoms. The van der Waals surface area contributed by atoms with Crippen LogP contribution in [-0.4, -0.2) is 27.9 Å². The van der Waals surface area contributed by atoms with Gasteiger partial charge in [0.2, 0.25) is 0 Å². The average Bonchev–Trinajstić information content (AvgIpc) is 3.39. The number of nitrogens with zero attached hydrogens (tertiary/aromatic N) is 3. The molecule has 4 aromatic rings. The van der Waals surface area contributed by atoms with E-state index in [4.69, 9.17) is 18.4 Å². The Morgan fingerprint density at radius 1 is 1.03 bits per heavy atom. The standard InChI is InChI=1S/C22H19N3O5/c1-3-27-17-11-9-16(10-12-17)22(26)28-13-18-23-24-21(29-18)19-14(2)30-25-20(19)15-7-5-4-6-8-15/h4-12H,3,13H2,1-2H3. The molecule has 0 radical (unpaired) electrons. The molecular weight excluding hydrogens is 386 g/mol. The molecule has 0 saturated carbocycles. The van der Waals surface area contributed by atoms with E-state index in [1.165, 1.54) is 0 Å². The second-order valence-corrected chi connectivity index (χ2v) is 6.36. The van der Waals surface area contributed by atoms with E-state index in [1.807, 2.05) is 37.3 Å². The molecule has 2 heterocycles. The first kappa shape index (κ1) is 19.4. The van der Waals surface area contributed by atoms with E-state index in [0.717, 1.165) is 5.56 Å². The summed E-state index contributed by atoms with van der Waals surface area (Å²) in [5.41, 5.74) is 2.48. The minimum absolute atomic E-state index is 0.149. The minimum Gasteiger partial charge on any atom is -0.494 e. The lowest BCUT2D eigenvalue weighted by Gasteiger charge is -2.04. The number of ether oxygens (including phenoxy) is 2. The van der Waals surface area contributed by atoms with Crippen LogP contribution in [0.5, 0.6) is 5.75 Å². The molecule has 0 fully saturated rings. The highest BCUT2D eigenvalue weighted by atomic mass is 16.5. The number of aromatic nitrogens is 3. The summed E-state index contributed by atoms with van der Waals surface area (Å²) in [7, 11) is 0. The largest absolute Gasteiger partial charge is 0.494 e. The monoisotopic (exact) mass is 405 g/mol. The van der Waals surface area contributed by atoms with Gasteiger partial charge in [-0.15, -0.1) is 10.2 Å². The van der Waals surface area contributed by atoms with Gasteiger partial charge in [-0.05, 0) is 38.1 Å². The Hall–Kier alpha value is -3.94. The Morgan fingerprint density at radius 3 is 2.53 bits per heavy atom. The minimum atomic E-state index is -0.496. The first-order valence-corrected chi connectivity index (χ1v) is 9.40. The number of rotatable bonds is 7. The van der Waals surface area contributed by atoms with Crippen molar-refractivity contribution in [1.29, 1.82) is 0 Å². The maximum atomic E-state index is 12.2. The highest BCUT2D eigenvalue weighted by molar-refractivity contribution is 5.89. The van der Waals surface area contributed by atoms with Crippen LogP contribution in [0.4, 0.5) is 0 Å². The van der Waals surface area contributed by atoms with E-state index in [-0.39, 0.29) is 18.4 Å². The normalized spacial score (nSPS) is 10.7. The topological polar surface area (TPSA) is 100 Å². The Kier molecular flexibility index (Phi) is 5.56. The number of esters is 1. The van der Waals surface area contributed by atoms with Crippen molar-refractivity contribution in [1.82, 2.24) is 15.4 Å². The molecule has 4 rings (SSSR count). The zero-order chi connectivity index (χ0) is 20.9. The van der Waals surface area contributed by atoms with Crippen LogP contribution in [0.1, 0.15) is 28.9 Å². The lowest BCUT2D eigenvalue weighted by atomic mass is 10.1. The molecule has 0 aliphatic carbocycles. The average molecular weight is 405 g/mol. The van der Waals surface area contributed by atoms with Gasteiger partial charge < -0.3 is 18.4 Å². The van der Waals surface area contributed by atoms with Crippen LogP contribution in [-0.2, 0) is 11.3 Å². The van der Waals surface area contributed by atoms with Gasteiger partial charge in [-0.2, -0.15) is 0 Å². The zero-order valence-corrected chi connectivity index (χ0v) is 16.5. The summed E-state index contributed by atoms with van der Waals surface area (Å²) in [6.07, 6.45) is 0. The van der Waals surface area contributed by atoms with Gasteiger partial charge in [-0.1, -0.05) is 35.5 Å². The third kappa shape index (κ3) is 4.07. The molecule has 0 N–H and O–H groups in total. The summed E-state index contributed by atoms with van der Waals surface area (Å²) in [5.74, 6) is 1.16. The molecule has 2 aromatic carbocycles.